The number of aromatic carboxylic acids is 1. The van der Waals surface area contributed by atoms with Crippen LogP contribution in [0.5, 0.6) is 5.75 Å². The number of carbonyl (C=O) groups excluding carboxylic acids is 1. The molecule has 1 fully saturated rings. The molecule has 0 aliphatic carbocycles. The van der Waals surface area contributed by atoms with Crippen LogP contribution in [0, 0.1) is 0 Å². The van der Waals surface area contributed by atoms with Crippen molar-refractivity contribution in [1.82, 2.24) is 5.32 Å². The second kappa shape index (κ2) is 7.23. The number of rotatable bonds is 4. The molecule has 6 nitrogen and oxygen atoms in total. The van der Waals surface area contributed by atoms with E-state index in [0.717, 1.165) is 5.69 Å². The summed E-state index contributed by atoms with van der Waals surface area (Å²) in [7, 11) is 1.41. The van der Waals surface area contributed by atoms with Crippen molar-refractivity contribution >= 4 is 40.6 Å². The minimum atomic E-state index is -1.09. The van der Waals surface area contributed by atoms with E-state index >= 15 is 0 Å². The van der Waals surface area contributed by atoms with Crippen molar-refractivity contribution in [3.8, 4) is 5.75 Å². The number of carboxylic acids is 1. The molecule has 25 heavy (non-hydrogen) atoms. The maximum atomic E-state index is 12.1. The molecule has 7 heteroatoms. The van der Waals surface area contributed by atoms with Gasteiger partial charge >= 0.3 is 5.97 Å². The SMILES string of the molecule is COc1ccc(C=C2SC(=Nc3ccccc3)NC2=O)cc1C(=O)O. The number of amidine groups is 1. The predicted molar refractivity (Wildman–Crippen MR) is 97.2 cm³/mol. The summed E-state index contributed by atoms with van der Waals surface area (Å²) >= 11 is 1.20. The number of para-hydroxylation sites is 1. The zero-order chi connectivity index (χ0) is 17.8. The third-order valence-electron chi connectivity index (χ3n) is 3.39. The van der Waals surface area contributed by atoms with Gasteiger partial charge in [-0.2, -0.15) is 0 Å². The molecule has 1 heterocycles. The second-order valence-electron chi connectivity index (χ2n) is 5.08. The fourth-order valence-electron chi connectivity index (χ4n) is 2.23. The Morgan fingerprint density at radius 3 is 2.68 bits per heavy atom. The van der Waals surface area contributed by atoms with Gasteiger partial charge in [-0.25, -0.2) is 9.79 Å². The van der Waals surface area contributed by atoms with Crippen molar-refractivity contribution in [2.45, 2.75) is 0 Å². The van der Waals surface area contributed by atoms with Crippen LogP contribution < -0.4 is 10.1 Å². The third kappa shape index (κ3) is 3.89. The summed E-state index contributed by atoms with van der Waals surface area (Å²) in [4.78, 5) is 28.2. The maximum Gasteiger partial charge on any atom is 0.339 e. The molecule has 0 atom stereocenters. The zero-order valence-corrected chi connectivity index (χ0v) is 14.0. The number of aliphatic imine (C=N–C) groups is 1. The van der Waals surface area contributed by atoms with Gasteiger partial charge in [0.2, 0.25) is 0 Å². The molecule has 1 saturated heterocycles. The molecule has 1 amide bonds. The van der Waals surface area contributed by atoms with Crippen molar-refractivity contribution in [2.75, 3.05) is 7.11 Å². The first kappa shape index (κ1) is 16.8. The van der Waals surface area contributed by atoms with E-state index in [2.05, 4.69) is 10.3 Å². The summed E-state index contributed by atoms with van der Waals surface area (Å²) in [6.07, 6.45) is 1.62. The Kier molecular flexibility index (Phi) is 4.85. The highest BCUT2D eigenvalue weighted by molar-refractivity contribution is 8.18. The number of nitrogens with zero attached hydrogens (tertiary/aromatic N) is 1. The molecule has 1 aliphatic heterocycles. The highest BCUT2D eigenvalue weighted by Crippen LogP contribution is 2.29. The molecule has 2 aromatic rings. The molecule has 2 N–H and O–H groups in total. The smallest absolute Gasteiger partial charge is 0.339 e. The standard InChI is InChI=1S/C18H14N2O4S/c1-24-14-8-7-11(9-13(14)17(22)23)10-15-16(21)20-18(25-15)19-12-5-3-2-4-6-12/h2-10H,1H3,(H,22,23)(H,19,20,21). The summed E-state index contributed by atoms with van der Waals surface area (Å²) < 4.78 is 5.03. The normalized spacial score (nSPS) is 16.9. The van der Waals surface area contributed by atoms with E-state index in [4.69, 9.17) is 4.74 Å². The number of carbonyl (C=O) groups is 2. The Hall–Kier alpha value is -3.06. The van der Waals surface area contributed by atoms with Crippen LogP contribution in [-0.4, -0.2) is 29.3 Å². The van der Waals surface area contributed by atoms with Crippen LogP contribution in [0.4, 0.5) is 5.69 Å². The highest BCUT2D eigenvalue weighted by atomic mass is 32.2. The number of benzene rings is 2. The van der Waals surface area contributed by atoms with Crippen LogP contribution in [0.1, 0.15) is 15.9 Å². The van der Waals surface area contributed by atoms with Gasteiger partial charge in [0.1, 0.15) is 11.3 Å². The molecule has 0 bridgehead atoms. The molecule has 2 aromatic carbocycles. The first-order valence-corrected chi connectivity index (χ1v) is 8.14. The van der Waals surface area contributed by atoms with Gasteiger partial charge < -0.3 is 15.2 Å². The second-order valence-corrected chi connectivity index (χ2v) is 6.11. The van der Waals surface area contributed by atoms with Crippen molar-refractivity contribution < 1.29 is 19.4 Å². The number of amides is 1. The van der Waals surface area contributed by atoms with E-state index in [1.165, 1.54) is 24.9 Å². The molecule has 0 aromatic heterocycles. The Morgan fingerprint density at radius 2 is 2.00 bits per heavy atom. The van der Waals surface area contributed by atoms with Gasteiger partial charge in [0, 0.05) is 0 Å². The fraction of sp³-hybridized carbons (Fsp3) is 0.0556. The van der Waals surface area contributed by atoms with Crippen LogP contribution in [0.2, 0.25) is 0 Å². The third-order valence-corrected chi connectivity index (χ3v) is 4.30. The lowest BCUT2D eigenvalue weighted by molar-refractivity contribution is -0.115. The van der Waals surface area contributed by atoms with Crippen LogP contribution in [-0.2, 0) is 4.79 Å². The highest BCUT2D eigenvalue weighted by Gasteiger charge is 2.24. The van der Waals surface area contributed by atoms with Gasteiger partial charge in [0.05, 0.1) is 17.7 Å². The van der Waals surface area contributed by atoms with Gasteiger partial charge in [-0.3, -0.25) is 4.79 Å². The lowest BCUT2D eigenvalue weighted by Crippen LogP contribution is -2.19. The van der Waals surface area contributed by atoms with Crippen molar-refractivity contribution in [1.29, 1.82) is 0 Å². The average Bonchev–Trinajstić information content (AvgIpc) is 2.94. The van der Waals surface area contributed by atoms with E-state index in [9.17, 15) is 14.7 Å². The van der Waals surface area contributed by atoms with E-state index in [0.29, 0.717) is 15.6 Å². The minimum absolute atomic E-state index is 0.0402. The van der Waals surface area contributed by atoms with Gasteiger partial charge in [-0.1, -0.05) is 24.3 Å². The Morgan fingerprint density at radius 1 is 1.24 bits per heavy atom. The number of nitrogens with one attached hydrogen (secondary N) is 1. The Labute approximate surface area is 148 Å². The molecule has 0 saturated carbocycles. The predicted octanol–water partition coefficient (Wildman–Crippen LogP) is 3.29. The van der Waals surface area contributed by atoms with E-state index in [1.807, 2.05) is 30.3 Å². The number of methoxy groups -OCH3 is 1. The lowest BCUT2D eigenvalue weighted by atomic mass is 10.1. The molecular formula is C18H14N2O4S. The van der Waals surface area contributed by atoms with Crippen molar-refractivity contribution in [2.24, 2.45) is 4.99 Å². The van der Waals surface area contributed by atoms with Crippen LogP contribution in [0.25, 0.3) is 6.08 Å². The molecule has 0 unspecified atom stereocenters. The maximum absolute atomic E-state index is 12.1. The molecule has 1 aliphatic rings. The van der Waals surface area contributed by atoms with Crippen LogP contribution >= 0.6 is 11.8 Å². The summed E-state index contributed by atoms with van der Waals surface area (Å²) in [5, 5.41) is 12.4. The topological polar surface area (TPSA) is 88.0 Å². The van der Waals surface area contributed by atoms with Crippen LogP contribution in [0.15, 0.2) is 58.4 Å². The van der Waals surface area contributed by atoms with Crippen molar-refractivity contribution in [3.63, 3.8) is 0 Å². The number of carboxylic acid groups (broad SMARTS) is 1. The monoisotopic (exact) mass is 354 g/mol. The number of thioether (sulfide) groups is 1. The number of hydrogen-bond acceptors (Lipinski definition) is 5. The first-order valence-electron chi connectivity index (χ1n) is 7.33. The van der Waals surface area contributed by atoms with E-state index in [-0.39, 0.29) is 17.2 Å². The van der Waals surface area contributed by atoms with E-state index < -0.39 is 5.97 Å². The van der Waals surface area contributed by atoms with Gasteiger partial charge in [0.25, 0.3) is 5.91 Å². The lowest BCUT2D eigenvalue weighted by Gasteiger charge is -2.05. The zero-order valence-electron chi connectivity index (χ0n) is 13.2. The quantitative estimate of drug-likeness (QED) is 0.823. The Balaban J connectivity index is 1.87. The summed E-state index contributed by atoms with van der Waals surface area (Å²) in [6.45, 7) is 0. The molecule has 126 valence electrons. The van der Waals surface area contributed by atoms with Crippen molar-refractivity contribution in [3.05, 3.63) is 64.6 Å². The van der Waals surface area contributed by atoms with Crippen LogP contribution in [0.3, 0.4) is 0 Å². The summed E-state index contributed by atoms with van der Waals surface area (Å²) in [5.41, 5.74) is 1.37. The molecule has 0 spiro atoms. The molecule has 3 rings (SSSR count). The number of ether oxygens (including phenoxy) is 1. The molecule has 0 radical (unpaired) electrons. The first-order chi connectivity index (χ1) is 12.1. The average molecular weight is 354 g/mol. The van der Waals surface area contributed by atoms with Gasteiger partial charge in [-0.15, -0.1) is 0 Å². The molecular weight excluding hydrogens is 340 g/mol. The number of hydrogen-bond donors (Lipinski definition) is 2. The summed E-state index contributed by atoms with van der Waals surface area (Å²) in [6, 6.07) is 14.0. The Bertz CT molecular complexity index is 891. The largest absolute Gasteiger partial charge is 0.496 e. The fourth-order valence-corrected chi connectivity index (χ4v) is 3.08. The van der Waals surface area contributed by atoms with E-state index in [1.54, 1.807) is 18.2 Å². The van der Waals surface area contributed by atoms with Gasteiger partial charge in [0.15, 0.2) is 5.17 Å². The van der Waals surface area contributed by atoms with Gasteiger partial charge in [-0.05, 0) is 47.7 Å². The minimum Gasteiger partial charge on any atom is -0.496 e. The summed E-state index contributed by atoms with van der Waals surface area (Å²) in [5.74, 6) is -1.09.